The molecule has 0 aliphatic carbocycles. The number of carbonyl (C=O) groups excluding carboxylic acids is 3. The average molecular weight is 1460 g/mol. The van der Waals surface area contributed by atoms with Crippen LogP contribution in [0.15, 0.2) is 142 Å². The van der Waals surface area contributed by atoms with E-state index in [-0.39, 0.29) is 84.8 Å². The molecule has 3 fully saturated rings. The number of amides is 2. The summed E-state index contributed by atoms with van der Waals surface area (Å²) in [7, 11) is -3.03. The maximum absolute atomic E-state index is 13.2. The Kier molecular flexibility index (Phi) is 23.3. The molecule has 97 heavy (non-hydrogen) atoms. The highest BCUT2D eigenvalue weighted by Gasteiger charge is 2.35. The number of methoxy groups -OCH3 is 3. The third-order valence-electron chi connectivity index (χ3n) is 15.9. The van der Waals surface area contributed by atoms with Gasteiger partial charge in [0.25, 0.3) is 47.1 Å². The number of hydrogen-bond acceptors (Lipinski definition) is 14. The topological polar surface area (TPSA) is 293 Å². The Morgan fingerprint density at radius 1 is 0.474 bits per heavy atom. The SMILES string of the molecule is COc1cc(C(=N)N(C)C)ccc1C(=O)N1CCN(S(=O)(=O)c2cc3cc(Cl)ccc3[nH]2)CC1.O=S(=O)(c1cc2cc(Cl)ccc2[nH]1)N1CCNCC1.[C-]#[N+]c1ccc(C(=O)Cl)c(OC)c1.[C-]#[N+]c1ccc(C(=O)N2CCN(S(=O)(=O)c3cc4cc(Cl)ccc4[nH]3)CC2)c(OC)c1. The number of benzene rings is 6. The number of fused-ring (bicyclic) bond motifs is 3. The number of H-pyrrole nitrogens is 3. The first kappa shape index (κ1) is 72.5. The summed E-state index contributed by atoms with van der Waals surface area (Å²) in [5.41, 5.74) is 4.58. The lowest BCUT2D eigenvalue weighted by atomic mass is 10.1. The summed E-state index contributed by atoms with van der Waals surface area (Å²) in [6, 6.07) is 34.5. The highest BCUT2D eigenvalue weighted by molar-refractivity contribution is 7.89. The molecule has 5 N–H and O–H groups in total. The van der Waals surface area contributed by atoms with Gasteiger partial charge in [-0.3, -0.25) is 19.8 Å². The molecule has 0 atom stereocenters. The molecule has 508 valence electrons. The smallest absolute Gasteiger partial charge is 0.258 e. The Balaban J connectivity index is 0.000000160. The number of piperazine rings is 3. The maximum atomic E-state index is 13.2. The molecule has 0 bridgehead atoms. The monoisotopic (exact) mass is 1460 g/mol. The summed E-state index contributed by atoms with van der Waals surface area (Å²) >= 11 is 23.2. The van der Waals surface area contributed by atoms with Crippen LogP contribution in [0.1, 0.15) is 36.6 Å². The van der Waals surface area contributed by atoms with Crippen molar-refractivity contribution >= 4 is 143 Å². The third kappa shape index (κ3) is 16.6. The molecule has 0 spiro atoms. The second kappa shape index (κ2) is 31.2. The van der Waals surface area contributed by atoms with Crippen LogP contribution in [0.25, 0.3) is 42.4 Å². The number of nitrogens with one attached hydrogen (secondary N) is 5. The minimum atomic E-state index is -3.74. The lowest BCUT2D eigenvalue weighted by Gasteiger charge is -2.34. The first-order valence-electron chi connectivity index (χ1n) is 29.6. The van der Waals surface area contributed by atoms with Gasteiger partial charge in [-0.15, -0.1) is 0 Å². The Morgan fingerprint density at radius 3 is 1.16 bits per heavy atom. The fourth-order valence-electron chi connectivity index (χ4n) is 10.7. The summed E-state index contributed by atoms with van der Waals surface area (Å²) in [6.45, 7) is 17.9. The van der Waals surface area contributed by atoms with Gasteiger partial charge in [0, 0.05) is 146 Å². The van der Waals surface area contributed by atoms with Gasteiger partial charge in [0.1, 0.15) is 38.2 Å². The predicted octanol–water partition coefficient (Wildman–Crippen LogP) is 10.4. The first-order chi connectivity index (χ1) is 46.2. The summed E-state index contributed by atoms with van der Waals surface area (Å²) in [5, 5.41) is 15.0. The van der Waals surface area contributed by atoms with Crippen molar-refractivity contribution in [2.45, 2.75) is 15.1 Å². The Hall–Kier alpha value is -8.75. The minimum Gasteiger partial charge on any atom is -0.497 e. The van der Waals surface area contributed by atoms with Crippen molar-refractivity contribution in [2.24, 2.45) is 0 Å². The van der Waals surface area contributed by atoms with Crippen LogP contribution in [0.2, 0.25) is 15.1 Å². The molecule has 25 nitrogen and oxygen atoms in total. The number of hydrogen-bond donors (Lipinski definition) is 5. The Morgan fingerprint density at radius 2 is 0.814 bits per heavy atom. The molecule has 3 aliphatic heterocycles. The zero-order chi connectivity index (χ0) is 70.1. The lowest BCUT2D eigenvalue weighted by Crippen LogP contribution is -2.50. The van der Waals surface area contributed by atoms with E-state index in [0.29, 0.717) is 103 Å². The van der Waals surface area contributed by atoms with Crippen LogP contribution in [0.5, 0.6) is 17.2 Å². The predicted molar refractivity (Wildman–Crippen MR) is 373 cm³/mol. The van der Waals surface area contributed by atoms with Crippen molar-refractivity contribution in [3.05, 3.63) is 188 Å². The van der Waals surface area contributed by atoms with Crippen molar-refractivity contribution < 1.29 is 53.8 Å². The molecular weight excluding hydrogens is 1390 g/mol. The molecule has 3 aromatic heterocycles. The van der Waals surface area contributed by atoms with Crippen LogP contribution in [0.4, 0.5) is 11.4 Å². The molecular formula is C65H65Cl4N13O12S3. The Bertz CT molecular complexity index is 4920. The average Bonchev–Trinajstić information content (AvgIpc) is 1.17. The zero-order valence-electron chi connectivity index (χ0n) is 52.8. The van der Waals surface area contributed by atoms with Crippen LogP contribution in [-0.4, -0.2) is 205 Å². The van der Waals surface area contributed by atoms with E-state index in [2.05, 4.69) is 30.0 Å². The molecule has 32 heteroatoms. The van der Waals surface area contributed by atoms with Gasteiger partial charge < -0.3 is 49.2 Å². The molecule has 9 aromatic rings. The van der Waals surface area contributed by atoms with E-state index in [1.54, 1.807) is 132 Å². The number of halogens is 4. The van der Waals surface area contributed by atoms with Crippen molar-refractivity contribution in [3.8, 4) is 17.2 Å². The molecule has 3 aliphatic rings. The highest BCUT2D eigenvalue weighted by Crippen LogP contribution is 2.32. The number of aromatic nitrogens is 3. The van der Waals surface area contributed by atoms with Crippen molar-refractivity contribution in [1.82, 2.24) is 47.9 Å². The molecule has 3 saturated heterocycles. The van der Waals surface area contributed by atoms with Crippen molar-refractivity contribution in [3.63, 3.8) is 0 Å². The van der Waals surface area contributed by atoms with Gasteiger partial charge in [-0.05, 0) is 109 Å². The first-order valence-corrected chi connectivity index (χ1v) is 35.4. The van der Waals surface area contributed by atoms with E-state index in [4.69, 9.17) is 79.2 Å². The standard InChI is InChI=1S/C23H26ClN5O4S.C21H19ClN4O4S.C12H14ClN3O2S.C9H6ClNO2/c1-27(2)22(25)15-4-6-18(20(13-15)33-3)23(30)28-8-10-29(11-9-28)34(31,32)21-14-16-12-17(24)5-7-19(16)26-21;1-23-16-4-5-17(19(13-16)30-2)21(27)25-7-9-26(10-8-25)31(28,29)20-12-14-11-15(22)3-6-18(14)24-20;13-10-1-2-11-9(7-10)8-12(15-11)19(17,18)16-5-3-14-4-6-16;1-11-6-3-4-7(9(10)12)8(5-6)13-2/h4-7,12-14,25-26H,8-11H2,1-3H3;3-6,11-13,24H,7-10H2,2H3;1-2,7-8,14-15H,3-6H2;3-5H,2H3. The van der Waals surface area contributed by atoms with E-state index in [1.807, 2.05) is 0 Å². The second-order valence-corrected chi connectivity index (χ2v) is 29.4. The maximum Gasteiger partial charge on any atom is 0.258 e. The number of amidine groups is 1. The zero-order valence-corrected chi connectivity index (χ0v) is 58.3. The molecule has 6 heterocycles. The number of sulfonamides is 3. The normalized spacial score (nSPS) is 14.8. The van der Waals surface area contributed by atoms with Gasteiger partial charge in [-0.1, -0.05) is 65.1 Å². The number of aromatic amines is 3. The van der Waals surface area contributed by atoms with E-state index < -0.39 is 35.3 Å². The second-order valence-electron chi connectivity index (χ2n) is 22.1. The minimum absolute atomic E-state index is 0.0981. The van der Waals surface area contributed by atoms with E-state index >= 15 is 0 Å². The van der Waals surface area contributed by atoms with Crippen LogP contribution in [-0.2, 0) is 30.1 Å². The summed E-state index contributed by atoms with van der Waals surface area (Å²) in [5.74, 6) is 0.831. The van der Waals surface area contributed by atoms with Gasteiger partial charge in [0.15, 0.2) is 11.4 Å². The van der Waals surface area contributed by atoms with E-state index in [1.165, 1.54) is 58.5 Å². The largest absolute Gasteiger partial charge is 0.497 e. The number of nitrogens with zero attached hydrogens (tertiary/aromatic N) is 8. The van der Waals surface area contributed by atoms with Crippen LogP contribution < -0.4 is 19.5 Å². The van der Waals surface area contributed by atoms with Gasteiger partial charge >= 0.3 is 0 Å². The summed E-state index contributed by atoms with van der Waals surface area (Å²) in [6.07, 6.45) is 0. The molecule has 12 rings (SSSR count). The molecule has 6 aromatic carbocycles. The van der Waals surface area contributed by atoms with E-state index in [9.17, 15) is 39.6 Å². The van der Waals surface area contributed by atoms with Gasteiger partial charge in [-0.25, -0.2) is 34.9 Å². The van der Waals surface area contributed by atoms with Gasteiger partial charge in [0.05, 0.1) is 51.2 Å². The molecule has 0 saturated carbocycles. The van der Waals surface area contributed by atoms with Crippen molar-refractivity contribution in [2.75, 3.05) is 114 Å². The van der Waals surface area contributed by atoms with Crippen LogP contribution in [0.3, 0.4) is 0 Å². The van der Waals surface area contributed by atoms with Crippen molar-refractivity contribution in [1.29, 1.82) is 5.41 Å². The number of carbonyl (C=O) groups is 3. The number of rotatable bonds is 13. The third-order valence-corrected chi connectivity index (χ3v) is 22.2. The Labute approximate surface area is 580 Å². The number of ether oxygens (including phenoxy) is 3. The summed E-state index contributed by atoms with van der Waals surface area (Å²) in [4.78, 5) is 57.2. The fraction of sp³-hybridized carbons (Fsp3) is 0.262. The van der Waals surface area contributed by atoms with Crippen LogP contribution in [0, 0.1) is 18.6 Å². The molecule has 0 unspecified atom stereocenters. The quantitative estimate of drug-likeness (QED) is 0.0311. The molecule has 2 amide bonds. The fourth-order valence-corrected chi connectivity index (χ4v) is 15.7. The van der Waals surface area contributed by atoms with Gasteiger partial charge in [0.2, 0.25) is 0 Å². The van der Waals surface area contributed by atoms with E-state index in [0.717, 1.165) is 21.7 Å². The molecule has 0 radical (unpaired) electrons. The van der Waals surface area contributed by atoms with Crippen LogP contribution >= 0.6 is 46.4 Å². The highest BCUT2D eigenvalue weighted by atomic mass is 35.5. The lowest BCUT2D eigenvalue weighted by molar-refractivity contribution is 0.0688. The summed E-state index contributed by atoms with van der Waals surface area (Å²) < 4.78 is 97.2. The van der Waals surface area contributed by atoms with Gasteiger partial charge in [-0.2, -0.15) is 12.9 Å².